The summed E-state index contributed by atoms with van der Waals surface area (Å²) in [4.78, 5) is 0. The Balaban J connectivity index is 1.88. The van der Waals surface area contributed by atoms with Crippen molar-refractivity contribution in [2.24, 2.45) is 0 Å². The van der Waals surface area contributed by atoms with Crippen molar-refractivity contribution in [1.29, 1.82) is 0 Å². The molecule has 20 heavy (non-hydrogen) atoms. The molecule has 3 nitrogen and oxygen atoms in total. The molecule has 3 heteroatoms. The minimum absolute atomic E-state index is 0.179. The second-order valence-corrected chi connectivity index (χ2v) is 5.60. The molecule has 0 saturated heterocycles. The van der Waals surface area contributed by atoms with Gasteiger partial charge in [0, 0.05) is 19.1 Å². The lowest BCUT2D eigenvalue weighted by molar-refractivity contribution is -0.107. The monoisotopic (exact) mass is 277 g/mol. The zero-order valence-corrected chi connectivity index (χ0v) is 12.9. The number of aryl methyl sites for hydroxylation is 1. The minimum atomic E-state index is 0.179. The third-order valence-corrected chi connectivity index (χ3v) is 3.73. The van der Waals surface area contributed by atoms with E-state index >= 15 is 0 Å². The van der Waals surface area contributed by atoms with Crippen LogP contribution >= 0.6 is 0 Å². The van der Waals surface area contributed by atoms with Crippen LogP contribution < -0.4 is 10.1 Å². The Morgan fingerprint density at radius 3 is 2.55 bits per heavy atom. The Morgan fingerprint density at radius 1 is 1.15 bits per heavy atom. The second-order valence-electron chi connectivity index (χ2n) is 5.60. The fourth-order valence-corrected chi connectivity index (χ4v) is 2.50. The molecule has 1 fully saturated rings. The zero-order chi connectivity index (χ0) is 14.4. The molecule has 2 rings (SSSR count). The van der Waals surface area contributed by atoms with E-state index in [-0.39, 0.29) is 12.2 Å². The quantitative estimate of drug-likeness (QED) is 0.791. The molecule has 0 amide bonds. The highest BCUT2D eigenvalue weighted by Gasteiger charge is 2.43. The van der Waals surface area contributed by atoms with Gasteiger partial charge in [-0.25, -0.2) is 0 Å². The standard InChI is InChI=1S/C17H27NO2/c1-4-10-18-15-12-16(17(15)19-11-5-2)20-14-8-6-13(3)7-9-14/h6-9,15-18H,4-5,10-12H2,1-3H3. The smallest absolute Gasteiger partial charge is 0.128 e. The summed E-state index contributed by atoms with van der Waals surface area (Å²) in [5, 5.41) is 3.55. The van der Waals surface area contributed by atoms with E-state index in [0.717, 1.165) is 38.2 Å². The summed E-state index contributed by atoms with van der Waals surface area (Å²) in [6.45, 7) is 8.28. The molecule has 1 aliphatic rings. The number of ether oxygens (including phenoxy) is 2. The van der Waals surface area contributed by atoms with Crippen LogP contribution in [0.3, 0.4) is 0 Å². The number of rotatable bonds is 8. The van der Waals surface area contributed by atoms with E-state index in [9.17, 15) is 0 Å². The molecule has 1 aliphatic carbocycles. The van der Waals surface area contributed by atoms with Crippen LogP contribution in [0, 0.1) is 6.92 Å². The summed E-state index contributed by atoms with van der Waals surface area (Å²) >= 11 is 0. The molecule has 112 valence electrons. The highest BCUT2D eigenvalue weighted by Crippen LogP contribution is 2.29. The van der Waals surface area contributed by atoms with E-state index in [0.29, 0.717) is 6.04 Å². The highest BCUT2D eigenvalue weighted by atomic mass is 16.5. The predicted molar refractivity (Wildman–Crippen MR) is 82.3 cm³/mol. The van der Waals surface area contributed by atoms with Gasteiger partial charge < -0.3 is 14.8 Å². The van der Waals surface area contributed by atoms with E-state index in [1.54, 1.807) is 0 Å². The summed E-state index contributed by atoms with van der Waals surface area (Å²) in [7, 11) is 0. The molecule has 1 aromatic rings. The molecule has 3 unspecified atom stereocenters. The third kappa shape index (κ3) is 3.97. The second kappa shape index (κ2) is 7.65. The van der Waals surface area contributed by atoms with Crippen molar-refractivity contribution in [3.8, 4) is 5.75 Å². The highest BCUT2D eigenvalue weighted by molar-refractivity contribution is 5.27. The lowest BCUT2D eigenvalue weighted by Gasteiger charge is -2.44. The first-order chi connectivity index (χ1) is 9.74. The number of nitrogens with one attached hydrogen (secondary N) is 1. The topological polar surface area (TPSA) is 30.5 Å². The van der Waals surface area contributed by atoms with Crippen LogP contribution in [0.5, 0.6) is 5.75 Å². The van der Waals surface area contributed by atoms with Gasteiger partial charge in [-0.05, 0) is 38.4 Å². The van der Waals surface area contributed by atoms with Crippen molar-refractivity contribution in [2.75, 3.05) is 13.2 Å². The van der Waals surface area contributed by atoms with Crippen LogP contribution in [0.2, 0.25) is 0 Å². The van der Waals surface area contributed by atoms with Crippen molar-refractivity contribution in [3.63, 3.8) is 0 Å². The van der Waals surface area contributed by atoms with E-state index in [4.69, 9.17) is 9.47 Å². The van der Waals surface area contributed by atoms with Crippen LogP contribution in [0.15, 0.2) is 24.3 Å². The van der Waals surface area contributed by atoms with Crippen molar-refractivity contribution in [2.45, 2.75) is 58.3 Å². The van der Waals surface area contributed by atoms with Gasteiger partial charge in [0.1, 0.15) is 18.0 Å². The first kappa shape index (κ1) is 15.3. The lowest BCUT2D eigenvalue weighted by atomic mass is 9.85. The maximum absolute atomic E-state index is 6.06. The van der Waals surface area contributed by atoms with Crippen molar-refractivity contribution in [3.05, 3.63) is 29.8 Å². The Morgan fingerprint density at radius 2 is 1.90 bits per heavy atom. The Hall–Kier alpha value is -1.06. The zero-order valence-electron chi connectivity index (χ0n) is 12.9. The first-order valence-electron chi connectivity index (χ1n) is 7.83. The Kier molecular flexibility index (Phi) is 5.86. The van der Waals surface area contributed by atoms with Gasteiger partial charge in [0.15, 0.2) is 0 Å². The summed E-state index contributed by atoms with van der Waals surface area (Å²) in [5.74, 6) is 0.944. The van der Waals surface area contributed by atoms with Crippen LogP contribution in [-0.4, -0.2) is 31.4 Å². The molecule has 1 N–H and O–H groups in total. The van der Waals surface area contributed by atoms with E-state index in [1.807, 2.05) is 12.1 Å². The Labute approximate surface area is 122 Å². The number of hydrogen-bond acceptors (Lipinski definition) is 3. The average Bonchev–Trinajstić information content (AvgIpc) is 2.44. The van der Waals surface area contributed by atoms with Gasteiger partial charge in [-0.3, -0.25) is 0 Å². The normalized spacial score (nSPS) is 25.2. The maximum atomic E-state index is 6.06. The summed E-state index contributed by atoms with van der Waals surface area (Å²) < 4.78 is 12.0. The SMILES string of the molecule is CCCNC1CC(Oc2ccc(C)cc2)C1OCCC. The van der Waals surface area contributed by atoms with Gasteiger partial charge in [-0.2, -0.15) is 0 Å². The number of hydrogen-bond donors (Lipinski definition) is 1. The first-order valence-corrected chi connectivity index (χ1v) is 7.83. The average molecular weight is 277 g/mol. The lowest BCUT2D eigenvalue weighted by Crippen LogP contribution is -2.61. The molecule has 1 saturated carbocycles. The van der Waals surface area contributed by atoms with Crippen molar-refractivity contribution in [1.82, 2.24) is 5.32 Å². The van der Waals surface area contributed by atoms with Crippen molar-refractivity contribution < 1.29 is 9.47 Å². The van der Waals surface area contributed by atoms with E-state index in [1.165, 1.54) is 5.56 Å². The fourth-order valence-electron chi connectivity index (χ4n) is 2.50. The largest absolute Gasteiger partial charge is 0.488 e. The van der Waals surface area contributed by atoms with E-state index < -0.39 is 0 Å². The molecule has 1 aromatic carbocycles. The van der Waals surface area contributed by atoms with Crippen LogP contribution in [-0.2, 0) is 4.74 Å². The van der Waals surface area contributed by atoms with Gasteiger partial charge >= 0.3 is 0 Å². The minimum Gasteiger partial charge on any atom is -0.488 e. The van der Waals surface area contributed by atoms with E-state index in [2.05, 4.69) is 38.2 Å². The predicted octanol–water partition coefficient (Wildman–Crippen LogP) is 3.31. The summed E-state index contributed by atoms with van der Waals surface area (Å²) in [5.41, 5.74) is 1.26. The van der Waals surface area contributed by atoms with Gasteiger partial charge in [-0.1, -0.05) is 31.5 Å². The molecule has 3 atom stereocenters. The molecule has 0 aromatic heterocycles. The third-order valence-electron chi connectivity index (χ3n) is 3.73. The van der Waals surface area contributed by atoms with Gasteiger partial charge in [0.2, 0.25) is 0 Å². The molecular formula is C17H27NO2. The van der Waals surface area contributed by atoms with Gasteiger partial charge in [0.25, 0.3) is 0 Å². The van der Waals surface area contributed by atoms with Crippen molar-refractivity contribution >= 4 is 0 Å². The fraction of sp³-hybridized carbons (Fsp3) is 0.647. The summed E-state index contributed by atoms with van der Waals surface area (Å²) in [6, 6.07) is 8.70. The molecular weight excluding hydrogens is 250 g/mol. The maximum Gasteiger partial charge on any atom is 0.128 e. The van der Waals surface area contributed by atoms with Crippen LogP contribution in [0.4, 0.5) is 0 Å². The number of benzene rings is 1. The molecule has 0 heterocycles. The Bertz CT molecular complexity index is 390. The van der Waals surface area contributed by atoms with Gasteiger partial charge in [0.05, 0.1) is 0 Å². The molecule has 0 bridgehead atoms. The molecule has 0 spiro atoms. The molecule has 0 radical (unpaired) electrons. The van der Waals surface area contributed by atoms with Crippen LogP contribution in [0.25, 0.3) is 0 Å². The van der Waals surface area contributed by atoms with Crippen LogP contribution in [0.1, 0.15) is 38.7 Å². The summed E-state index contributed by atoms with van der Waals surface area (Å²) in [6.07, 6.45) is 3.60. The molecule has 0 aliphatic heterocycles. The van der Waals surface area contributed by atoms with Gasteiger partial charge in [-0.15, -0.1) is 0 Å².